The average Bonchev–Trinajstić information content (AvgIpc) is 3.73. The molecule has 2 aliphatic heterocycles. The van der Waals surface area contributed by atoms with Crippen molar-refractivity contribution in [2.24, 2.45) is 5.92 Å². The summed E-state index contributed by atoms with van der Waals surface area (Å²) in [5.41, 5.74) is -1.36. The van der Waals surface area contributed by atoms with Gasteiger partial charge in [-0.1, -0.05) is 25.0 Å². The van der Waals surface area contributed by atoms with Gasteiger partial charge in [-0.25, -0.2) is 8.42 Å². The number of carbonyl (C=O) groups excluding carboxylic acids is 5. The van der Waals surface area contributed by atoms with Gasteiger partial charge in [0.05, 0.1) is 4.75 Å². The molecule has 4 atom stereocenters. The van der Waals surface area contributed by atoms with E-state index in [4.69, 9.17) is 0 Å². The molecule has 2 unspecified atom stereocenters. The van der Waals surface area contributed by atoms with Gasteiger partial charge in [0.25, 0.3) is 11.8 Å². The average molecular weight is 632 g/mol. The first-order chi connectivity index (χ1) is 20.9. The van der Waals surface area contributed by atoms with Crippen molar-refractivity contribution in [3.63, 3.8) is 0 Å². The van der Waals surface area contributed by atoms with Crippen molar-refractivity contribution < 1.29 is 32.4 Å². The van der Waals surface area contributed by atoms with Crippen molar-refractivity contribution >= 4 is 39.6 Å². The first kappa shape index (κ1) is 31.7. The molecule has 2 aliphatic carbocycles. The molecule has 2 saturated carbocycles. The molecular weight excluding hydrogens is 590 g/mol. The fourth-order valence-corrected chi connectivity index (χ4v) is 7.22. The van der Waals surface area contributed by atoms with Crippen molar-refractivity contribution in [3.05, 3.63) is 30.1 Å². The van der Waals surface area contributed by atoms with Crippen LogP contribution in [0.5, 0.6) is 0 Å². The highest BCUT2D eigenvalue weighted by molar-refractivity contribution is 7.91. The Kier molecular flexibility index (Phi) is 8.87. The third kappa shape index (κ3) is 6.52. The number of sulfonamides is 1. The molecule has 0 aromatic carbocycles. The van der Waals surface area contributed by atoms with Crippen molar-refractivity contribution in [1.29, 1.82) is 0 Å². The van der Waals surface area contributed by atoms with Crippen LogP contribution in [0, 0.1) is 5.92 Å². The molecule has 0 bridgehead atoms. The van der Waals surface area contributed by atoms with Crippen LogP contribution in [-0.2, 0) is 35.7 Å². The van der Waals surface area contributed by atoms with E-state index >= 15 is 0 Å². The van der Waals surface area contributed by atoms with Gasteiger partial charge in [0.2, 0.25) is 27.7 Å². The second-order valence-corrected chi connectivity index (χ2v) is 14.7. The normalized spacial score (nSPS) is 29.1. The molecular formula is C29H41N7O7S. The molecule has 240 valence electrons. The van der Waals surface area contributed by atoms with E-state index in [2.05, 4.69) is 25.8 Å². The largest absolute Gasteiger partial charge is 0.358 e. The van der Waals surface area contributed by atoms with Gasteiger partial charge in [-0.2, -0.15) is 5.10 Å². The number of hydrogen-bond acceptors (Lipinski definition) is 8. The smallest absolute Gasteiger partial charge is 0.272 e. The zero-order valence-corrected chi connectivity index (χ0v) is 26.0. The Morgan fingerprint density at radius 2 is 1.89 bits per heavy atom. The molecule has 5 amide bonds. The van der Waals surface area contributed by atoms with Crippen molar-refractivity contribution in [1.82, 2.24) is 35.4 Å². The number of allylic oxidation sites excluding steroid dienone is 1. The van der Waals surface area contributed by atoms with Crippen LogP contribution in [0.2, 0.25) is 0 Å². The number of likely N-dealkylation sites (N-methyl/N-ethyl adjacent to an activating group) is 1. The van der Waals surface area contributed by atoms with E-state index in [0.29, 0.717) is 51.5 Å². The minimum Gasteiger partial charge on any atom is -0.358 e. The maximum Gasteiger partial charge on any atom is 0.272 e. The maximum atomic E-state index is 13.9. The lowest BCUT2D eigenvalue weighted by Crippen LogP contribution is -2.58. The van der Waals surface area contributed by atoms with E-state index in [-0.39, 0.29) is 30.5 Å². The standard InChI is InChI=1S/C29H41N7O7S/c1-28(13-14-28)44(42,43)34-27(41)29-17-19(29)9-6-4-3-5-7-10-21(26(40)36-15-8-11-22(36)25(39)32-29)31-24(38)20-12-16-35(33-20)18-23(37)30-2/h6,9,12,16,19,21-22H,3-5,7-8,10-11,13-15,17-18H2,1-2H3,(H,30,37)(H,31,38)(H,32,39)(H,34,41)/b9-6-/t19?,21-,22?,29+/m0/s1. The van der Waals surface area contributed by atoms with Crippen LogP contribution in [0.25, 0.3) is 0 Å². The third-order valence-electron chi connectivity index (χ3n) is 9.23. The molecule has 1 saturated heterocycles. The van der Waals surface area contributed by atoms with Crippen LogP contribution in [0.4, 0.5) is 0 Å². The molecule has 0 spiro atoms. The number of nitrogens with zero attached hydrogens (tertiary/aromatic N) is 3. The summed E-state index contributed by atoms with van der Waals surface area (Å²) in [6, 6.07) is -0.309. The Labute approximate surface area is 256 Å². The van der Waals surface area contributed by atoms with Gasteiger partial charge in [0, 0.05) is 25.7 Å². The fourth-order valence-electron chi connectivity index (χ4n) is 5.90. The molecule has 1 aromatic rings. The van der Waals surface area contributed by atoms with Crippen LogP contribution >= 0.6 is 0 Å². The molecule has 1 aromatic heterocycles. The van der Waals surface area contributed by atoms with Gasteiger partial charge in [0.15, 0.2) is 0 Å². The minimum absolute atomic E-state index is 0.0567. The SMILES string of the molecule is CNC(=O)Cn1ccc(C(=O)N[C@H]2CCCCC/C=C\C3C[C@@]3(C(=O)NS(=O)(=O)C3(C)CC3)NC(=O)C3CCCN3C2=O)n1. The summed E-state index contributed by atoms with van der Waals surface area (Å²) in [7, 11) is -2.41. The summed E-state index contributed by atoms with van der Waals surface area (Å²) in [5, 5.41) is 12.3. The highest BCUT2D eigenvalue weighted by atomic mass is 32.2. The Balaban J connectivity index is 1.33. The van der Waals surface area contributed by atoms with E-state index in [1.807, 2.05) is 12.2 Å². The monoisotopic (exact) mass is 631 g/mol. The lowest BCUT2D eigenvalue weighted by molar-refractivity contribution is -0.141. The molecule has 14 nitrogen and oxygen atoms in total. The topological polar surface area (TPSA) is 189 Å². The van der Waals surface area contributed by atoms with Gasteiger partial charge < -0.3 is 20.9 Å². The number of carbonyl (C=O) groups is 5. The molecule has 4 aliphatic rings. The second-order valence-electron chi connectivity index (χ2n) is 12.5. The van der Waals surface area contributed by atoms with Crippen molar-refractivity contribution in [2.45, 2.75) is 100 Å². The lowest BCUT2D eigenvalue weighted by atomic mass is 10.0. The lowest BCUT2D eigenvalue weighted by Gasteiger charge is -2.30. The second kappa shape index (κ2) is 12.3. The van der Waals surface area contributed by atoms with E-state index in [1.54, 1.807) is 6.92 Å². The Bertz CT molecular complexity index is 1470. The van der Waals surface area contributed by atoms with Gasteiger partial charge in [0.1, 0.15) is 29.9 Å². The zero-order chi connectivity index (χ0) is 31.7. The summed E-state index contributed by atoms with van der Waals surface area (Å²) < 4.78 is 28.3. The van der Waals surface area contributed by atoms with Gasteiger partial charge >= 0.3 is 0 Å². The van der Waals surface area contributed by atoms with Crippen molar-refractivity contribution in [2.75, 3.05) is 13.6 Å². The van der Waals surface area contributed by atoms with Gasteiger partial charge in [-0.15, -0.1) is 0 Å². The molecule has 44 heavy (non-hydrogen) atoms. The highest BCUT2D eigenvalue weighted by Crippen LogP contribution is 2.47. The van der Waals surface area contributed by atoms with Gasteiger partial charge in [-0.05, 0) is 64.4 Å². The quantitative estimate of drug-likeness (QED) is 0.305. The molecule has 3 heterocycles. The van der Waals surface area contributed by atoms with E-state index in [9.17, 15) is 32.4 Å². The van der Waals surface area contributed by atoms with Crippen LogP contribution in [-0.4, -0.2) is 88.6 Å². The maximum absolute atomic E-state index is 13.9. The Hall–Kier alpha value is -3.75. The summed E-state index contributed by atoms with van der Waals surface area (Å²) >= 11 is 0. The predicted octanol–water partition coefficient (Wildman–Crippen LogP) is 0.112. The summed E-state index contributed by atoms with van der Waals surface area (Å²) in [6.07, 6.45) is 10.8. The Morgan fingerprint density at radius 1 is 1.11 bits per heavy atom. The summed E-state index contributed by atoms with van der Waals surface area (Å²) in [4.78, 5) is 67.2. The number of hydrogen-bond donors (Lipinski definition) is 4. The van der Waals surface area contributed by atoms with Crippen LogP contribution in [0.15, 0.2) is 24.4 Å². The third-order valence-corrected chi connectivity index (χ3v) is 11.4. The van der Waals surface area contributed by atoms with E-state index in [1.165, 1.54) is 28.9 Å². The van der Waals surface area contributed by atoms with Crippen LogP contribution in [0.3, 0.4) is 0 Å². The van der Waals surface area contributed by atoms with Gasteiger partial charge in [-0.3, -0.25) is 33.4 Å². The number of rotatable bonds is 7. The van der Waals surface area contributed by atoms with Crippen LogP contribution in [0.1, 0.15) is 81.6 Å². The Morgan fingerprint density at radius 3 is 2.61 bits per heavy atom. The molecule has 5 rings (SSSR count). The molecule has 3 fully saturated rings. The first-order valence-electron chi connectivity index (χ1n) is 15.3. The molecule has 15 heteroatoms. The molecule has 4 N–H and O–H groups in total. The summed E-state index contributed by atoms with van der Waals surface area (Å²) in [6.45, 7) is 1.84. The first-order valence-corrected chi connectivity index (χ1v) is 16.8. The van der Waals surface area contributed by atoms with Crippen LogP contribution < -0.4 is 20.7 Å². The number of aromatic nitrogens is 2. The van der Waals surface area contributed by atoms with E-state index < -0.39 is 56.0 Å². The number of amides is 5. The minimum atomic E-state index is -3.91. The van der Waals surface area contributed by atoms with Crippen molar-refractivity contribution in [3.8, 4) is 0 Å². The zero-order valence-electron chi connectivity index (χ0n) is 25.1. The number of fused-ring (bicyclic) bond motifs is 2. The predicted molar refractivity (Wildman–Crippen MR) is 158 cm³/mol. The number of nitrogens with one attached hydrogen (secondary N) is 4. The summed E-state index contributed by atoms with van der Waals surface area (Å²) in [5.74, 6) is -2.88. The highest BCUT2D eigenvalue weighted by Gasteiger charge is 2.63. The molecule has 0 radical (unpaired) electrons. The fraction of sp³-hybridized carbons (Fsp3) is 0.655. The van der Waals surface area contributed by atoms with E-state index in [0.717, 1.165) is 12.8 Å².